The second-order valence-corrected chi connectivity index (χ2v) is 93.4. The molecule has 0 aliphatic rings. The van der Waals surface area contributed by atoms with Crippen molar-refractivity contribution in [3.05, 3.63) is 238 Å². The third-order valence-electron chi connectivity index (χ3n) is 22.5. The number of aromatic nitrogens is 5. The second kappa shape index (κ2) is 39.7. The molecule has 5 aromatic carbocycles. The fourth-order valence-corrected chi connectivity index (χ4v) is 34.2. The quantitative estimate of drug-likeness (QED) is 0.0603. The summed E-state index contributed by atoms with van der Waals surface area (Å²) in [5.74, 6) is 39.4. The number of hydrogen-bond acceptors (Lipinski definition) is 0. The van der Waals surface area contributed by atoms with Gasteiger partial charge in [-0.2, -0.15) is 0 Å². The molecule has 0 saturated heterocycles. The van der Waals surface area contributed by atoms with Gasteiger partial charge in [0.25, 0.3) is 0 Å². The summed E-state index contributed by atoms with van der Waals surface area (Å²) in [6, 6.07) is 55.8. The molecule has 0 saturated carbocycles. The molecule has 0 radical (unpaired) electrons. The van der Waals surface area contributed by atoms with Crippen molar-refractivity contribution in [1.29, 1.82) is 0 Å². The summed E-state index contributed by atoms with van der Waals surface area (Å²) < 4.78 is 19.9. The minimum absolute atomic E-state index is 0.180. The molecule has 10 heteroatoms. The molecule has 10 aromatic rings. The maximum absolute atomic E-state index is 2.51. The molecule has 0 aliphatic carbocycles. The zero-order valence-corrected chi connectivity index (χ0v) is 88.3. The van der Waals surface area contributed by atoms with Crippen LogP contribution in [0.15, 0.2) is 183 Å². The molecule has 5 aromatic heterocycles. The predicted octanol–water partition coefficient (Wildman–Crippen LogP) is 22.7. The summed E-state index contributed by atoms with van der Waals surface area (Å²) in [6.45, 7) is 39.0. The Morgan fingerprint density at radius 3 is 0.848 bits per heavy atom. The van der Waals surface area contributed by atoms with Crippen LogP contribution in [0.5, 0.6) is 0 Å². The summed E-state index contributed by atoms with van der Waals surface area (Å²) in [4.78, 5) is 0. The predicted molar refractivity (Wildman–Crippen MR) is 506 cm³/mol. The first-order valence-electron chi connectivity index (χ1n) is 42.2. The van der Waals surface area contributed by atoms with Crippen molar-refractivity contribution in [3.63, 3.8) is 0 Å². The molecule has 112 heavy (non-hydrogen) atoms. The van der Waals surface area contributed by atoms with E-state index in [1.54, 1.807) is 44.2 Å². The van der Waals surface area contributed by atoms with Crippen molar-refractivity contribution in [2.24, 2.45) is 46.6 Å². The van der Waals surface area contributed by atoms with Crippen molar-refractivity contribution < 1.29 is 22.8 Å². The van der Waals surface area contributed by atoms with Gasteiger partial charge < -0.3 is 0 Å². The molecule has 0 fully saturated rings. The molecule has 0 bridgehead atoms. The minimum atomic E-state index is -1.91. The van der Waals surface area contributed by atoms with Crippen molar-refractivity contribution in [2.75, 3.05) is 0 Å². The van der Waals surface area contributed by atoms with Gasteiger partial charge in [-0.25, -0.2) is 0 Å². The number of benzene rings is 5. The Hall–Kier alpha value is -5.44. The molecule has 1 unspecified atom stereocenters. The van der Waals surface area contributed by atoms with Crippen LogP contribution in [-0.2, 0) is 53.5 Å². The van der Waals surface area contributed by atoms with Gasteiger partial charge in [-0.1, -0.05) is 0 Å². The van der Waals surface area contributed by atoms with Gasteiger partial charge in [0.2, 0.25) is 0 Å². The summed E-state index contributed by atoms with van der Waals surface area (Å²) in [7, 11) is 11.0. The Kier molecular flexibility index (Phi) is 33.8. The van der Waals surface area contributed by atoms with E-state index in [9.17, 15) is 0 Å². The van der Waals surface area contributed by atoms with Crippen LogP contribution in [0.25, 0.3) is 56.3 Å². The third kappa shape index (κ3) is 25.8. The number of aryl methyl sites for hydroxylation is 10. The maximum atomic E-state index is 2.51. The van der Waals surface area contributed by atoms with E-state index in [4.69, 9.17) is 0 Å². The fraction of sp³-hybridized carbons (Fsp3) is 0.461. The van der Waals surface area contributed by atoms with Crippen LogP contribution >= 0.6 is 0 Å². The fourth-order valence-electron chi connectivity index (χ4n) is 15.8. The van der Waals surface area contributed by atoms with Gasteiger partial charge in [-0.15, -0.1) is 0 Å². The Balaban J connectivity index is 0.000000218. The van der Waals surface area contributed by atoms with E-state index < -0.39 is 66.3 Å². The summed E-state index contributed by atoms with van der Waals surface area (Å²) >= 11 is -9.45. The van der Waals surface area contributed by atoms with Crippen molar-refractivity contribution in [2.45, 2.75) is 253 Å². The summed E-state index contributed by atoms with van der Waals surface area (Å²) in [5, 5.41) is 0. The molecular weight excluding hydrogens is 1660 g/mol. The van der Waals surface area contributed by atoms with E-state index >= 15 is 0 Å². The van der Waals surface area contributed by atoms with Gasteiger partial charge in [0.15, 0.2) is 0 Å². The zero-order chi connectivity index (χ0) is 84.3. The van der Waals surface area contributed by atoms with E-state index in [1.807, 2.05) is 0 Å². The van der Waals surface area contributed by atoms with Gasteiger partial charge >= 0.3 is 706 Å². The van der Waals surface area contributed by atoms with Crippen LogP contribution in [0.4, 0.5) is 0 Å². The number of pyridine rings is 5. The average molecular weight is 1810 g/mol. The van der Waals surface area contributed by atoms with E-state index in [2.05, 4.69) is 445 Å². The standard InChI is InChI=1S/2C21H32GeN.3C20H30GeN/c1-16-11-9-10-12-18(16)20-13-17(14-21(2,3)4)19(15-23(20)8)22(5,6)7;1-8-17(9-2)19-14-21(18-13-11-10-12-16(18)3)23(7)15-20(19)22(4,5)6;1-15-11-9-10-12-16(15)19-13-17(20(2,3)4)18(14-22(19)8)21(5,6)7;1-15(2)12-17-13-20(18-11-9-8-10-16(18)3)22(7)14-19(17)21(4,5)6;1-8-15(2)18-13-20(17-12-10-9-11-16(17)3)22(7)14-19(18)21(4,5)6/h9-13,15H,14H2,1-8H3;10-15,17H,8-9H2,1-7H3;9-14H,1-8H3;8-11,13-15H,12H2,1-7H3;9-15H,8H2,1-7H3/q5*+1. The zero-order valence-electron chi connectivity index (χ0n) is 77.8. The van der Waals surface area contributed by atoms with Crippen molar-refractivity contribution in [3.8, 4) is 56.3 Å². The number of rotatable bonds is 18. The number of hydrogen-bond donors (Lipinski definition) is 0. The van der Waals surface area contributed by atoms with Gasteiger partial charge in [-0.05, 0) is 0 Å². The van der Waals surface area contributed by atoms with Crippen LogP contribution in [0.3, 0.4) is 0 Å². The molecule has 10 rings (SSSR count). The summed E-state index contributed by atoms with van der Waals surface area (Å²) in [5.41, 5.74) is 28.5. The number of nitrogens with zero attached hydrogens (tertiary/aromatic N) is 5. The first-order valence-corrected chi connectivity index (χ1v) is 79.0. The molecule has 1 atom stereocenters. The second-order valence-electron chi connectivity index (χ2n) is 40.5. The monoisotopic (exact) mass is 1820 g/mol. The Bertz CT molecular complexity index is 4810. The van der Waals surface area contributed by atoms with Crippen LogP contribution in [0.1, 0.15) is 170 Å². The van der Waals surface area contributed by atoms with E-state index in [0.29, 0.717) is 23.2 Å². The molecule has 0 spiro atoms. The Labute approximate surface area is 699 Å². The van der Waals surface area contributed by atoms with Gasteiger partial charge in [0.1, 0.15) is 0 Å². The van der Waals surface area contributed by atoms with E-state index in [0.717, 1.165) is 6.42 Å². The molecule has 602 valence electrons. The molecular formula is C102H154Ge5N5+5. The van der Waals surface area contributed by atoms with Crippen LogP contribution in [-0.4, -0.2) is 66.3 Å². The van der Waals surface area contributed by atoms with Crippen LogP contribution < -0.4 is 44.8 Å². The Morgan fingerprint density at radius 1 is 0.312 bits per heavy atom. The van der Waals surface area contributed by atoms with Gasteiger partial charge in [0, 0.05) is 0 Å². The summed E-state index contributed by atoms with van der Waals surface area (Å²) in [6.07, 6.45) is 18.1. The normalized spacial score (nSPS) is 12.5. The molecule has 0 N–H and O–H groups in total. The Morgan fingerprint density at radius 2 is 0.571 bits per heavy atom. The van der Waals surface area contributed by atoms with Gasteiger partial charge in [0.05, 0.1) is 0 Å². The van der Waals surface area contributed by atoms with Crippen LogP contribution in [0.2, 0.25) is 86.3 Å². The van der Waals surface area contributed by atoms with E-state index in [1.165, 1.54) is 115 Å². The van der Waals surface area contributed by atoms with Gasteiger partial charge in [-0.3, -0.25) is 0 Å². The van der Waals surface area contributed by atoms with Crippen molar-refractivity contribution >= 4 is 88.3 Å². The topological polar surface area (TPSA) is 19.4 Å². The molecule has 0 aliphatic heterocycles. The third-order valence-corrected chi connectivity index (χ3v) is 43.9. The average Bonchev–Trinajstić information content (AvgIpc) is 0.787. The van der Waals surface area contributed by atoms with Crippen molar-refractivity contribution in [1.82, 2.24) is 0 Å². The molecule has 0 amide bonds. The first-order chi connectivity index (χ1) is 51.7. The molecule has 5 heterocycles. The SMILES string of the molecule is CCC(C)c1cc(-c2ccccc2C)[n+](C)c[c]1[Ge]([CH3])([CH3])[CH3].CCC(CC)c1cc(-c2ccccc2C)[n+](C)c[c]1[Ge]([CH3])([CH3])[CH3].Cc1ccccc1-c1cc(C(C)(C)C)[c]([Ge]([CH3])([CH3])[CH3])c[n+]1C.Cc1ccccc1-c1cc(CC(C)(C)C)[c]([Ge]([CH3])([CH3])[CH3])c[n+]1C.Cc1ccccc1-c1cc(CC(C)C)[c]([Ge]([CH3])([CH3])[CH3])c[n+]1C. The van der Waals surface area contributed by atoms with Crippen LogP contribution in [0, 0.1) is 46.0 Å². The first kappa shape index (κ1) is 95.4. The van der Waals surface area contributed by atoms with E-state index in [-0.39, 0.29) is 5.41 Å². The molecule has 5 nitrogen and oxygen atoms in total.